The van der Waals surface area contributed by atoms with Crippen LogP contribution in [0.15, 0.2) is 42.5 Å². The minimum absolute atomic E-state index is 0.182. The summed E-state index contributed by atoms with van der Waals surface area (Å²) in [6.45, 7) is 2.17. The van der Waals surface area contributed by atoms with Gasteiger partial charge in [-0.05, 0) is 48.6 Å². The van der Waals surface area contributed by atoms with E-state index in [0.29, 0.717) is 12.7 Å². The summed E-state index contributed by atoms with van der Waals surface area (Å²) in [4.78, 5) is 2.36. The highest BCUT2D eigenvalue weighted by atomic mass is 35.5. The molecule has 0 saturated carbocycles. The minimum Gasteiger partial charge on any atom is -0.454 e. The molecule has 0 spiro atoms. The summed E-state index contributed by atoms with van der Waals surface area (Å²) in [5, 5.41) is 0.779. The molecule has 1 saturated heterocycles. The van der Waals surface area contributed by atoms with E-state index in [1.807, 2.05) is 18.2 Å². The van der Waals surface area contributed by atoms with E-state index in [9.17, 15) is 0 Å². The number of fused-ring (bicyclic) bond motifs is 1. The number of piperidine rings is 1. The topological polar surface area (TPSA) is 47.7 Å². The van der Waals surface area contributed by atoms with Crippen molar-refractivity contribution in [2.45, 2.75) is 18.9 Å². The zero-order valence-electron chi connectivity index (χ0n) is 13.5. The number of ether oxygens (including phenoxy) is 2. The predicted octanol–water partition coefficient (Wildman–Crippen LogP) is 3.47. The molecule has 5 heteroatoms. The third kappa shape index (κ3) is 3.30. The number of rotatable bonds is 3. The van der Waals surface area contributed by atoms with Crippen molar-refractivity contribution in [3.05, 3.63) is 53.1 Å². The van der Waals surface area contributed by atoms with Gasteiger partial charge in [-0.2, -0.15) is 0 Å². The fourth-order valence-electron chi connectivity index (χ4n) is 3.64. The molecule has 0 aliphatic carbocycles. The molecule has 2 aliphatic rings. The number of nitrogens with two attached hydrogens (primary N) is 1. The highest BCUT2D eigenvalue weighted by Gasteiger charge is 2.26. The van der Waals surface area contributed by atoms with Crippen molar-refractivity contribution in [2.75, 3.05) is 24.8 Å². The van der Waals surface area contributed by atoms with E-state index < -0.39 is 0 Å². The molecule has 24 heavy (non-hydrogen) atoms. The van der Waals surface area contributed by atoms with E-state index in [1.165, 1.54) is 5.56 Å². The van der Waals surface area contributed by atoms with Gasteiger partial charge in [0.1, 0.15) is 0 Å². The molecular formula is C19H21ClN2O2. The van der Waals surface area contributed by atoms with Crippen LogP contribution in [-0.2, 0) is 6.42 Å². The average Bonchev–Trinajstić information content (AvgIpc) is 3.04. The Kier molecular flexibility index (Phi) is 4.25. The van der Waals surface area contributed by atoms with Gasteiger partial charge in [0.05, 0.1) is 0 Å². The lowest BCUT2D eigenvalue weighted by Crippen LogP contribution is -2.47. The van der Waals surface area contributed by atoms with Crippen LogP contribution in [0.25, 0.3) is 0 Å². The summed E-state index contributed by atoms with van der Waals surface area (Å²) < 4.78 is 10.9. The molecule has 0 radical (unpaired) electrons. The van der Waals surface area contributed by atoms with Gasteiger partial charge in [-0.25, -0.2) is 0 Å². The average molecular weight is 345 g/mol. The zero-order chi connectivity index (χ0) is 16.5. The van der Waals surface area contributed by atoms with E-state index in [0.717, 1.165) is 48.1 Å². The highest BCUT2D eigenvalue weighted by molar-refractivity contribution is 6.30. The molecule has 2 heterocycles. The summed E-state index contributed by atoms with van der Waals surface area (Å²) >= 11 is 5.98. The van der Waals surface area contributed by atoms with Gasteiger partial charge in [0.2, 0.25) is 6.79 Å². The van der Waals surface area contributed by atoms with E-state index in [1.54, 1.807) is 0 Å². The van der Waals surface area contributed by atoms with Crippen LogP contribution in [0.1, 0.15) is 12.0 Å². The first-order chi connectivity index (χ1) is 11.7. The molecular weight excluding hydrogens is 324 g/mol. The lowest BCUT2D eigenvalue weighted by atomic mass is 9.89. The Morgan fingerprint density at radius 3 is 2.67 bits per heavy atom. The van der Waals surface area contributed by atoms with E-state index >= 15 is 0 Å². The van der Waals surface area contributed by atoms with Crippen LogP contribution in [0.4, 0.5) is 5.69 Å². The molecule has 126 valence electrons. The molecule has 2 atom stereocenters. The monoisotopic (exact) mass is 344 g/mol. The fraction of sp³-hybridized carbons (Fsp3) is 0.368. The maximum absolute atomic E-state index is 6.32. The lowest BCUT2D eigenvalue weighted by Gasteiger charge is -2.38. The van der Waals surface area contributed by atoms with Crippen LogP contribution in [0.5, 0.6) is 11.5 Å². The smallest absolute Gasteiger partial charge is 0.231 e. The minimum atomic E-state index is 0.182. The Hall–Kier alpha value is -1.91. The molecule has 2 N–H and O–H groups in total. The van der Waals surface area contributed by atoms with Gasteiger partial charge < -0.3 is 20.1 Å². The molecule has 1 fully saturated rings. The second-order valence-corrected chi connectivity index (χ2v) is 7.07. The van der Waals surface area contributed by atoms with Gasteiger partial charge >= 0.3 is 0 Å². The predicted molar refractivity (Wildman–Crippen MR) is 96.0 cm³/mol. The van der Waals surface area contributed by atoms with Crippen molar-refractivity contribution in [1.82, 2.24) is 0 Å². The Bertz CT molecular complexity index is 720. The standard InChI is InChI=1S/C19H21ClN2O2/c20-15-3-1-13(2-4-15)7-14-8-16(21)11-22(10-14)17-5-6-18-19(9-17)24-12-23-18/h1-6,9,14,16H,7-8,10-12,21H2. The molecule has 4 rings (SSSR count). The molecule has 0 bridgehead atoms. The number of hydrogen-bond acceptors (Lipinski definition) is 4. The summed E-state index contributed by atoms with van der Waals surface area (Å²) in [7, 11) is 0. The third-order valence-corrected chi connectivity index (χ3v) is 4.98. The van der Waals surface area contributed by atoms with E-state index in [4.69, 9.17) is 26.8 Å². The summed E-state index contributed by atoms with van der Waals surface area (Å²) in [5.41, 5.74) is 8.78. The van der Waals surface area contributed by atoms with Crippen LogP contribution in [-0.4, -0.2) is 25.9 Å². The normalized spacial score (nSPS) is 22.7. The number of anilines is 1. The van der Waals surface area contributed by atoms with Crippen molar-refractivity contribution in [1.29, 1.82) is 0 Å². The quantitative estimate of drug-likeness (QED) is 0.926. The second-order valence-electron chi connectivity index (χ2n) is 6.63. The summed E-state index contributed by atoms with van der Waals surface area (Å²) in [5.74, 6) is 2.17. The van der Waals surface area contributed by atoms with Crippen LogP contribution in [0, 0.1) is 5.92 Å². The Morgan fingerprint density at radius 2 is 1.83 bits per heavy atom. The van der Waals surface area contributed by atoms with Gasteiger partial charge in [-0.1, -0.05) is 23.7 Å². The SMILES string of the molecule is NC1CC(Cc2ccc(Cl)cc2)CN(c2ccc3c(c2)OCO3)C1. The molecule has 4 nitrogen and oxygen atoms in total. The Balaban J connectivity index is 1.49. The van der Waals surface area contributed by atoms with Gasteiger partial charge in [-0.15, -0.1) is 0 Å². The molecule has 2 aromatic carbocycles. The molecule has 0 amide bonds. The zero-order valence-corrected chi connectivity index (χ0v) is 14.2. The number of nitrogens with zero attached hydrogens (tertiary/aromatic N) is 1. The van der Waals surface area contributed by atoms with Crippen LogP contribution in [0.2, 0.25) is 5.02 Å². The van der Waals surface area contributed by atoms with Crippen LogP contribution >= 0.6 is 11.6 Å². The Morgan fingerprint density at radius 1 is 1.04 bits per heavy atom. The van der Waals surface area contributed by atoms with E-state index in [2.05, 4.69) is 29.2 Å². The first kappa shape index (κ1) is 15.6. The van der Waals surface area contributed by atoms with Crippen LogP contribution < -0.4 is 20.1 Å². The molecule has 2 aliphatic heterocycles. The summed E-state index contributed by atoms with van der Waals surface area (Å²) in [6, 6.07) is 14.4. The maximum atomic E-state index is 6.32. The molecule has 2 aromatic rings. The lowest BCUT2D eigenvalue weighted by molar-refractivity contribution is 0.174. The van der Waals surface area contributed by atoms with Gasteiger partial charge in [0.15, 0.2) is 11.5 Å². The van der Waals surface area contributed by atoms with Gasteiger partial charge in [0, 0.05) is 35.9 Å². The number of hydrogen-bond donors (Lipinski definition) is 1. The Labute approximate surface area is 147 Å². The van der Waals surface area contributed by atoms with Crippen molar-refractivity contribution < 1.29 is 9.47 Å². The highest BCUT2D eigenvalue weighted by Crippen LogP contribution is 2.36. The third-order valence-electron chi connectivity index (χ3n) is 4.73. The number of benzene rings is 2. The first-order valence-electron chi connectivity index (χ1n) is 8.32. The maximum Gasteiger partial charge on any atom is 0.231 e. The van der Waals surface area contributed by atoms with Crippen molar-refractivity contribution in [3.8, 4) is 11.5 Å². The van der Waals surface area contributed by atoms with E-state index in [-0.39, 0.29) is 6.04 Å². The van der Waals surface area contributed by atoms with Crippen molar-refractivity contribution >= 4 is 17.3 Å². The first-order valence-corrected chi connectivity index (χ1v) is 8.70. The van der Waals surface area contributed by atoms with Gasteiger partial charge in [0.25, 0.3) is 0 Å². The molecule has 2 unspecified atom stereocenters. The van der Waals surface area contributed by atoms with Crippen molar-refractivity contribution in [2.24, 2.45) is 11.7 Å². The van der Waals surface area contributed by atoms with Gasteiger partial charge in [-0.3, -0.25) is 0 Å². The van der Waals surface area contributed by atoms with Crippen LogP contribution in [0.3, 0.4) is 0 Å². The largest absolute Gasteiger partial charge is 0.454 e. The fourth-order valence-corrected chi connectivity index (χ4v) is 3.77. The molecule has 0 aromatic heterocycles. The second kappa shape index (κ2) is 6.54. The van der Waals surface area contributed by atoms with Crippen molar-refractivity contribution in [3.63, 3.8) is 0 Å². The number of halogens is 1. The summed E-state index contributed by atoms with van der Waals surface area (Å²) in [6.07, 6.45) is 2.07.